The zero-order valence-electron chi connectivity index (χ0n) is 16.2. The number of rotatable bonds is 8. The maximum Gasteiger partial charge on any atom is 0.232 e. The molecule has 0 radical (unpaired) electrons. The molecule has 0 heterocycles. The zero-order chi connectivity index (χ0) is 20.0. The second-order valence-corrected chi connectivity index (χ2v) is 8.26. The summed E-state index contributed by atoms with van der Waals surface area (Å²) >= 11 is 0. The fraction of sp³-hybridized carbons (Fsp3) is 0.350. The lowest BCUT2D eigenvalue weighted by atomic mass is 10.1. The smallest absolute Gasteiger partial charge is 0.232 e. The summed E-state index contributed by atoms with van der Waals surface area (Å²) in [5, 5.41) is 2.79. The molecule has 1 N–H and O–H groups in total. The molecule has 1 amide bonds. The minimum atomic E-state index is -3.50. The summed E-state index contributed by atoms with van der Waals surface area (Å²) in [7, 11) is -1.96. The van der Waals surface area contributed by atoms with Crippen LogP contribution < -0.4 is 14.4 Å². The van der Waals surface area contributed by atoms with E-state index < -0.39 is 10.0 Å². The highest BCUT2D eigenvalue weighted by Crippen LogP contribution is 2.25. The van der Waals surface area contributed by atoms with Crippen molar-refractivity contribution in [2.75, 3.05) is 29.5 Å². The molecule has 0 aliphatic rings. The Morgan fingerprint density at radius 1 is 1.15 bits per heavy atom. The van der Waals surface area contributed by atoms with E-state index in [2.05, 4.69) is 5.32 Å². The van der Waals surface area contributed by atoms with Crippen molar-refractivity contribution in [3.8, 4) is 5.75 Å². The summed E-state index contributed by atoms with van der Waals surface area (Å²) < 4.78 is 30.9. The van der Waals surface area contributed by atoms with E-state index >= 15 is 0 Å². The first kappa shape index (κ1) is 20.8. The number of carbonyl (C=O) groups is 1. The molecule has 0 aliphatic heterocycles. The predicted molar refractivity (Wildman–Crippen MR) is 109 cm³/mol. The van der Waals surface area contributed by atoms with E-state index in [-0.39, 0.29) is 18.9 Å². The minimum Gasteiger partial charge on any atom is -0.495 e. The molecule has 7 heteroatoms. The minimum absolute atomic E-state index is 0.0275. The lowest BCUT2D eigenvalue weighted by Crippen LogP contribution is -2.33. The van der Waals surface area contributed by atoms with Gasteiger partial charge in [-0.25, -0.2) is 8.42 Å². The Hall–Kier alpha value is -2.54. The molecule has 0 bridgehead atoms. The molecule has 0 aromatic heterocycles. The van der Waals surface area contributed by atoms with Crippen molar-refractivity contribution >= 4 is 27.3 Å². The fourth-order valence-electron chi connectivity index (χ4n) is 2.72. The Bertz CT molecular complexity index is 893. The molecule has 146 valence electrons. The molecule has 0 unspecified atom stereocenters. The van der Waals surface area contributed by atoms with E-state index in [1.165, 1.54) is 11.4 Å². The van der Waals surface area contributed by atoms with Crippen molar-refractivity contribution < 1.29 is 17.9 Å². The van der Waals surface area contributed by atoms with Gasteiger partial charge in [0.05, 0.1) is 24.7 Å². The van der Waals surface area contributed by atoms with Crippen LogP contribution in [-0.4, -0.2) is 34.2 Å². The van der Waals surface area contributed by atoms with E-state index in [1.54, 1.807) is 18.2 Å². The first-order chi connectivity index (χ1) is 12.7. The van der Waals surface area contributed by atoms with Gasteiger partial charge in [0.2, 0.25) is 15.9 Å². The van der Waals surface area contributed by atoms with Crippen molar-refractivity contribution in [3.05, 3.63) is 53.6 Å². The van der Waals surface area contributed by atoms with Crippen LogP contribution in [0.3, 0.4) is 0 Å². The highest BCUT2D eigenvalue weighted by Gasteiger charge is 2.19. The number of sulfonamides is 1. The van der Waals surface area contributed by atoms with Crippen LogP contribution in [0, 0.1) is 6.92 Å². The zero-order valence-corrected chi connectivity index (χ0v) is 17.0. The largest absolute Gasteiger partial charge is 0.495 e. The average Bonchev–Trinajstić information content (AvgIpc) is 2.61. The summed E-state index contributed by atoms with van der Waals surface area (Å²) in [6, 6.07) is 12.8. The summed E-state index contributed by atoms with van der Waals surface area (Å²) in [6.07, 6.45) is 2.04. The van der Waals surface area contributed by atoms with Gasteiger partial charge in [0.1, 0.15) is 5.75 Å². The van der Waals surface area contributed by atoms with Crippen LogP contribution in [0.2, 0.25) is 0 Å². The number of nitrogens with one attached hydrogen (secondary N) is 1. The van der Waals surface area contributed by atoms with Crippen molar-refractivity contribution in [2.45, 2.75) is 26.7 Å². The number of methoxy groups -OCH3 is 1. The molecule has 0 saturated carbocycles. The molecule has 6 nitrogen and oxygen atoms in total. The van der Waals surface area contributed by atoms with E-state index in [1.807, 2.05) is 38.1 Å². The summed E-state index contributed by atoms with van der Waals surface area (Å²) in [5.74, 6) is 0.279. The van der Waals surface area contributed by atoms with Crippen LogP contribution >= 0.6 is 0 Å². The molecule has 0 atom stereocenters. The van der Waals surface area contributed by atoms with Crippen LogP contribution in [0.25, 0.3) is 0 Å². The Morgan fingerprint density at radius 2 is 1.81 bits per heavy atom. The van der Waals surface area contributed by atoms with Gasteiger partial charge in [-0.1, -0.05) is 25.1 Å². The summed E-state index contributed by atoms with van der Waals surface area (Å²) in [6.45, 7) is 4.01. The topological polar surface area (TPSA) is 75.7 Å². The molecule has 0 fully saturated rings. The third-order valence-electron chi connectivity index (χ3n) is 4.20. The Kier molecular flexibility index (Phi) is 6.85. The first-order valence-corrected chi connectivity index (χ1v) is 10.6. The average molecular weight is 391 g/mol. The lowest BCUT2D eigenvalue weighted by molar-refractivity contribution is -0.116. The second-order valence-electron chi connectivity index (χ2n) is 6.36. The fourth-order valence-corrected chi connectivity index (χ4v) is 3.65. The number of hydrogen-bond acceptors (Lipinski definition) is 4. The number of anilines is 2. The molecule has 2 rings (SSSR count). The number of benzene rings is 2. The number of aryl methyl sites for hydroxylation is 2. The lowest BCUT2D eigenvalue weighted by Gasteiger charge is -2.22. The van der Waals surface area contributed by atoms with Crippen molar-refractivity contribution in [3.63, 3.8) is 0 Å². The summed E-state index contributed by atoms with van der Waals surface area (Å²) in [4.78, 5) is 12.4. The highest BCUT2D eigenvalue weighted by atomic mass is 32.2. The molecule has 2 aromatic carbocycles. The normalized spacial score (nSPS) is 11.1. The van der Waals surface area contributed by atoms with E-state index in [0.29, 0.717) is 17.1 Å². The van der Waals surface area contributed by atoms with Crippen LogP contribution in [0.15, 0.2) is 42.5 Å². The Labute approximate surface area is 161 Å². The number of amides is 1. The quantitative estimate of drug-likeness (QED) is 0.750. The maximum atomic E-state index is 12.4. The van der Waals surface area contributed by atoms with Crippen LogP contribution in [0.4, 0.5) is 11.4 Å². The molecule has 0 spiro atoms. The van der Waals surface area contributed by atoms with Gasteiger partial charge in [-0.3, -0.25) is 9.10 Å². The molecule has 2 aromatic rings. The monoisotopic (exact) mass is 390 g/mol. The summed E-state index contributed by atoms with van der Waals surface area (Å²) in [5.41, 5.74) is 3.23. The van der Waals surface area contributed by atoms with Gasteiger partial charge in [-0.05, 0) is 48.7 Å². The third kappa shape index (κ3) is 5.72. The Balaban J connectivity index is 2.10. The van der Waals surface area contributed by atoms with Crippen molar-refractivity contribution in [1.29, 1.82) is 0 Å². The van der Waals surface area contributed by atoms with E-state index in [0.717, 1.165) is 23.8 Å². The first-order valence-electron chi connectivity index (χ1n) is 8.75. The second kappa shape index (κ2) is 8.90. The number of hydrogen-bond donors (Lipinski definition) is 1. The molecule has 0 aliphatic carbocycles. The highest BCUT2D eigenvalue weighted by molar-refractivity contribution is 7.92. The van der Waals surface area contributed by atoms with Gasteiger partial charge >= 0.3 is 0 Å². The number of ether oxygens (including phenoxy) is 1. The SMILES string of the molecule is CCc1ccc(N(CCC(=O)Nc2cc(C)ccc2OC)S(C)(=O)=O)cc1. The standard InChI is InChI=1S/C20H26N2O4S/c1-5-16-7-9-17(10-8-16)22(27(4,24)25)13-12-20(23)21-18-14-15(2)6-11-19(18)26-3/h6-11,14H,5,12-13H2,1-4H3,(H,21,23). The van der Waals surface area contributed by atoms with Gasteiger partial charge in [0, 0.05) is 13.0 Å². The molecular weight excluding hydrogens is 364 g/mol. The van der Waals surface area contributed by atoms with Gasteiger partial charge in [-0.15, -0.1) is 0 Å². The Morgan fingerprint density at radius 3 is 2.37 bits per heavy atom. The maximum absolute atomic E-state index is 12.4. The molecular formula is C20H26N2O4S. The van der Waals surface area contributed by atoms with Gasteiger partial charge in [0.15, 0.2) is 0 Å². The van der Waals surface area contributed by atoms with Gasteiger partial charge in [-0.2, -0.15) is 0 Å². The number of carbonyl (C=O) groups excluding carboxylic acids is 1. The predicted octanol–water partition coefficient (Wildman–Crippen LogP) is 3.36. The third-order valence-corrected chi connectivity index (χ3v) is 5.40. The van der Waals surface area contributed by atoms with Crippen LogP contribution in [0.5, 0.6) is 5.75 Å². The van der Waals surface area contributed by atoms with E-state index in [4.69, 9.17) is 4.74 Å². The molecule has 0 saturated heterocycles. The van der Waals surface area contributed by atoms with Crippen LogP contribution in [-0.2, 0) is 21.2 Å². The van der Waals surface area contributed by atoms with Crippen molar-refractivity contribution in [2.24, 2.45) is 0 Å². The van der Waals surface area contributed by atoms with E-state index in [9.17, 15) is 13.2 Å². The number of nitrogens with zero attached hydrogens (tertiary/aromatic N) is 1. The van der Waals surface area contributed by atoms with Gasteiger partial charge in [0.25, 0.3) is 0 Å². The molecule has 27 heavy (non-hydrogen) atoms. The van der Waals surface area contributed by atoms with Crippen LogP contribution in [0.1, 0.15) is 24.5 Å². The van der Waals surface area contributed by atoms with Crippen molar-refractivity contribution in [1.82, 2.24) is 0 Å². The van der Waals surface area contributed by atoms with Gasteiger partial charge < -0.3 is 10.1 Å².